The Morgan fingerprint density at radius 1 is 1.42 bits per heavy atom. The number of rotatable bonds is 3. The van der Waals surface area contributed by atoms with E-state index >= 15 is 0 Å². The van der Waals surface area contributed by atoms with Crippen molar-refractivity contribution in [1.82, 2.24) is 9.88 Å². The molecule has 0 aliphatic carbocycles. The van der Waals surface area contributed by atoms with E-state index in [1.165, 1.54) is 11.3 Å². The number of hydrogen-bond acceptors (Lipinski definition) is 4. The van der Waals surface area contributed by atoms with Gasteiger partial charge < -0.3 is 10.6 Å². The molecule has 0 saturated heterocycles. The van der Waals surface area contributed by atoms with Gasteiger partial charge in [0.15, 0.2) is 0 Å². The van der Waals surface area contributed by atoms with Crippen molar-refractivity contribution in [2.75, 3.05) is 14.1 Å². The van der Waals surface area contributed by atoms with Crippen LogP contribution in [-0.4, -0.2) is 29.9 Å². The Labute approximate surface area is 116 Å². The lowest BCUT2D eigenvalue weighted by Gasteiger charge is -2.07. The minimum absolute atomic E-state index is 0.00349. The van der Waals surface area contributed by atoms with E-state index in [0.29, 0.717) is 11.4 Å². The second-order valence-corrected chi connectivity index (χ2v) is 5.54. The molecule has 1 heterocycles. The Bertz CT molecular complexity index is 604. The van der Waals surface area contributed by atoms with E-state index in [1.54, 1.807) is 19.0 Å². The lowest BCUT2D eigenvalue weighted by Crippen LogP contribution is -2.21. The summed E-state index contributed by atoms with van der Waals surface area (Å²) in [6.07, 6.45) is 0. The van der Waals surface area contributed by atoms with Gasteiger partial charge in [-0.15, -0.1) is 11.3 Å². The van der Waals surface area contributed by atoms with Crippen LogP contribution in [0.5, 0.6) is 0 Å². The summed E-state index contributed by atoms with van der Waals surface area (Å²) in [4.78, 5) is 18.8. The average molecular weight is 275 g/mol. The van der Waals surface area contributed by atoms with Crippen molar-refractivity contribution in [3.63, 3.8) is 0 Å². The van der Waals surface area contributed by atoms with Crippen molar-refractivity contribution in [2.45, 2.75) is 13.5 Å². The Morgan fingerprint density at radius 2 is 2.16 bits per heavy atom. The van der Waals surface area contributed by atoms with Crippen LogP contribution in [-0.2, 0) is 6.54 Å². The van der Waals surface area contributed by atoms with Gasteiger partial charge in [-0.1, -0.05) is 18.2 Å². The Kier molecular flexibility index (Phi) is 3.97. The first-order chi connectivity index (χ1) is 9.02. The Balaban J connectivity index is 2.41. The number of hydrogen-bond donors (Lipinski definition) is 1. The molecule has 1 amide bonds. The summed E-state index contributed by atoms with van der Waals surface area (Å²) in [6, 6.07) is 7.95. The second kappa shape index (κ2) is 5.50. The van der Waals surface area contributed by atoms with Crippen molar-refractivity contribution in [3.8, 4) is 10.6 Å². The van der Waals surface area contributed by atoms with Crippen molar-refractivity contribution < 1.29 is 4.79 Å². The van der Waals surface area contributed by atoms with Crippen LogP contribution in [0.15, 0.2) is 24.3 Å². The van der Waals surface area contributed by atoms with Crippen LogP contribution >= 0.6 is 11.3 Å². The molecule has 1 aromatic heterocycles. The second-order valence-electron chi connectivity index (χ2n) is 4.54. The van der Waals surface area contributed by atoms with Gasteiger partial charge in [0.2, 0.25) is 0 Å². The summed E-state index contributed by atoms with van der Waals surface area (Å²) in [5.74, 6) is -0.00349. The summed E-state index contributed by atoms with van der Waals surface area (Å²) in [5.41, 5.74) is 8.49. The quantitative estimate of drug-likeness (QED) is 0.935. The fourth-order valence-corrected chi connectivity index (χ4v) is 2.84. The fourth-order valence-electron chi connectivity index (χ4n) is 1.75. The number of thiazole rings is 1. The molecule has 4 nitrogen and oxygen atoms in total. The fraction of sp³-hybridized carbons (Fsp3) is 0.286. The van der Waals surface area contributed by atoms with Crippen LogP contribution in [0.1, 0.15) is 20.9 Å². The normalized spacial score (nSPS) is 10.5. The Morgan fingerprint density at radius 3 is 2.79 bits per heavy atom. The first kappa shape index (κ1) is 13.7. The number of carbonyl (C=O) groups is 1. The average Bonchev–Trinajstić information content (AvgIpc) is 2.80. The van der Waals surface area contributed by atoms with Gasteiger partial charge in [-0.2, -0.15) is 0 Å². The summed E-state index contributed by atoms with van der Waals surface area (Å²) in [5, 5.41) is 0.859. The van der Waals surface area contributed by atoms with E-state index in [-0.39, 0.29) is 5.91 Å². The van der Waals surface area contributed by atoms with E-state index in [4.69, 9.17) is 5.73 Å². The zero-order valence-corrected chi connectivity index (χ0v) is 12.1. The van der Waals surface area contributed by atoms with Crippen LogP contribution in [0, 0.1) is 6.92 Å². The molecule has 0 spiro atoms. The maximum Gasteiger partial charge on any atom is 0.265 e. The van der Waals surface area contributed by atoms with E-state index in [2.05, 4.69) is 4.98 Å². The van der Waals surface area contributed by atoms with Crippen LogP contribution in [0.4, 0.5) is 0 Å². The summed E-state index contributed by atoms with van der Waals surface area (Å²) in [7, 11) is 3.49. The van der Waals surface area contributed by atoms with Crippen LogP contribution in [0.3, 0.4) is 0 Å². The number of carbonyl (C=O) groups excluding carboxylic acids is 1. The van der Waals surface area contributed by atoms with Gasteiger partial charge in [0.05, 0.1) is 5.69 Å². The maximum absolute atomic E-state index is 12.0. The first-order valence-electron chi connectivity index (χ1n) is 6.01. The number of nitrogens with two attached hydrogens (primary N) is 1. The van der Waals surface area contributed by atoms with Gasteiger partial charge in [-0.3, -0.25) is 4.79 Å². The van der Waals surface area contributed by atoms with Gasteiger partial charge in [0.25, 0.3) is 5.91 Å². The highest BCUT2D eigenvalue weighted by Gasteiger charge is 2.17. The highest BCUT2D eigenvalue weighted by Crippen LogP contribution is 2.29. The molecular formula is C14H17N3OS. The summed E-state index contributed by atoms with van der Waals surface area (Å²) < 4.78 is 0. The minimum atomic E-state index is -0.00349. The molecule has 0 radical (unpaired) electrons. The highest BCUT2D eigenvalue weighted by atomic mass is 32.1. The molecule has 0 aliphatic rings. The monoisotopic (exact) mass is 275 g/mol. The summed E-state index contributed by atoms with van der Waals surface area (Å²) >= 11 is 1.43. The molecular weight excluding hydrogens is 258 g/mol. The molecule has 0 saturated carbocycles. The lowest BCUT2D eigenvalue weighted by atomic mass is 10.1. The van der Waals surface area contributed by atoms with Gasteiger partial charge in [0, 0.05) is 26.2 Å². The molecule has 0 aliphatic heterocycles. The molecule has 2 rings (SSSR count). The van der Waals surface area contributed by atoms with Gasteiger partial charge in [0.1, 0.15) is 9.88 Å². The standard InChI is InChI=1S/C14H17N3OS/c1-9-12(14(18)17(2)3)19-13(16-9)11-6-4-5-10(7-11)8-15/h4-7H,8,15H2,1-3H3. The first-order valence-corrected chi connectivity index (χ1v) is 6.83. The molecule has 100 valence electrons. The molecule has 1 aromatic carbocycles. The van der Waals surface area contributed by atoms with E-state index in [9.17, 15) is 4.79 Å². The van der Waals surface area contributed by atoms with Crippen molar-refractivity contribution >= 4 is 17.2 Å². The smallest absolute Gasteiger partial charge is 0.265 e. The highest BCUT2D eigenvalue weighted by molar-refractivity contribution is 7.17. The largest absolute Gasteiger partial charge is 0.344 e. The van der Waals surface area contributed by atoms with Crippen molar-refractivity contribution in [1.29, 1.82) is 0 Å². The number of benzene rings is 1. The molecule has 2 aromatic rings. The zero-order chi connectivity index (χ0) is 14.0. The van der Waals surface area contributed by atoms with Crippen molar-refractivity contribution in [3.05, 3.63) is 40.4 Å². The molecule has 0 bridgehead atoms. The number of aryl methyl sites for hydroxylation is 1. The topological polar surface area (TPSA) is 59.2 Å². The predicted octanol–water partition coefficient (Wildman–Crippen LogP) is 2.28. The number of nitrogens with zero attached hydrogens (tertiary/aromatic N) is 2. The molecule has 5 heteroatoms. The number of amides is 1. The Hall–Kier alpha value is -1.72. The zero-order valence-electron chi connectivity index (χ0n) is 11.3. The SMILES string of the molecule is Cc1nc(-c2cccc(CN)c2)sc1C(=O)N(C)C. The molecule has 0 unspecified atom stereocenters. The minimum Gasteiger partial charge on any atom is -0.344 e. The van der Waals surface area contributed by atoms with E-state index < -0.39 is 0 Å². The third-order valence-electron chi connectivity index (χ3n) is 2.81. The third-order valence-corrected chi connectivity index (χ3v) is 4.00. The molecule has 0 fully saturated rings. The van der Waals surface area contributed by atoms with E-state index in [1.807, 2.05) is 31.2 Å². The van der Waals surface area contributed by atoms with Gasteiger partial charge in [-0.05, 0) is 18.6 Å². The van der Waals surface area contributed by atoms with Crippen molar-refractivity contribution in [2.24, 2.45) is 5.73 Å². The molecule has 19 heavy (non-hydrogen) atoms. The molecule has 2 N–H and O–H groups in total. The van der Waals surface area contributed by atoms with Gasteiger partial charge >= 0.3 is 0 Å². The van der Waals surface area contributed by atoms with Gasteiger partial charge in [-0.25, -0.2) is 4.98 Å². The molecule has 0 atom stereocenters. The van der Waals surface area contributed by atoms with Crippen LogP contribution < -0.4 is 5.73 Å². The summed E-state index contributed by atoms with van der Waals surface area (Å²) in [6.45, 7) is 2.37. The maximum atomic E-state index is 12.0. The lowest BCUT2D eigenvalue weighted by molar-refractivity contribution is 0.0831. The predicted molar refractivity (Wildman–Crippen MR) is 78.2 cm³/mol. The van der Waals surface area contributed by atoms with Crippen LogP contribution in [0.2, 0.25) is 0 Å². The number of aromatic nitrogens is 1. The van der Waals surface area contributed by atoms with Crippen LogP contribution in [0.25, 0.3) is 10.6 Å². The third kappa shape index (κ3) is 2.83. The van der Waals surface area contributed by atoms with E-state index in [0.717, 1.165) is 21.8 Å².